The van der Waals surface area contributed by atoms with Crippen molar-refractivity contribution in [3.8, 4) is 5.75 Å². The molecule has 0 aromatic heterocycles. The first-order chi connectivity index (χ1) is 8.20. The van der Waals surface area contributed by atoms with Crippen LogP contribution in [0.2, 0.25) is 0 Å². The Morgan fingerprint density at radius 1 is 1.22 bits per heavy atom. The number of halogens is 4. The molecule has 0 saturated carbocycles. The Kier molecular flexibility index (Phi) is 2.07. The summed E-state index contributed by atoms with van der Waals surface area (Å²) in [5.74, 6) is -1.19. The van der Waals surface area contributed by atoms with Crippen LogP contribution >= 0.6 is 0 Å². The van der Waals surface area contributed by atoms with Gasteiger partial charge in [0.15, 0.2) is 0 Å². The van der Waals surface area contributed by atoms with Gasteiger partial charge in [-0.3, -0.25) is 0 Å². The summed E-state index contributed by atoms with van der Waals surface area (Å²) in [6.07, 6.45) is -5.40. The molecule has 98 valence electrons. The standard InChI is InChI=1S/C12H10F4O2/c1-11(2)10-9(17-10)5-3-6(12(14,15)16)7(13)4-8(5)18-11/h3-4,9-10H,1-2H3/t9-,10-/m1/s1. The minimum atomic E-state index is -4.71. The first-order valence-electron chi connectivity index (χ1n) is 5.45. The van der Waals surface area contributed by atoms with Crippen molar-refractivity contribution >= 4 is 0 Å². The number of fused-ring (bicyclic) bond motifs is 3. The Bertz CT molecular complexity index is 522. The molecule has 18 heavy (non-hydrogen) atoms. The highest BCUT2D eigenvalue weighted by atomic mass is 19.4. The third kappa shape index (κ3) is 1.59. The molecule has 0 unspecified atom stereocenters. The highest BCUT2D eigenvalue weighted by molar-refractivity contribution is 5.46. The second kappa shape index (κ2) is 3.17. The van der Waals surface area contributed by atoms with Crippen molar-refractivity contribution in [1.82, 2.24) is 0 Å². The molecule has 3 rings (SSSR count). The lowest BCUT2D eigenvalue weighted by atomic mass is 9.93. The van der Waals surface area contributed by atoms with Crippen LogP contribution in [0.3, 0.4) is 0 Å². The van der Waals surface area contributed by atoms with E-state index < -0.39 is 29.3 Å². The van der Waals surface area contributed by atoms with Crippen LogP contribution in [-0.2, 0) is 10.9 Å². The summed E-state index contributed by atoms with van der Waals surface area (Å²) in [6.45, 7) is 3.52. The van der Waals surface area contributed by atoms with E-state index in [2.05, 4.69) is 0 Å². The molecule has 2 nitrogen and oxygen atoms in total. The van der Waals surface area contributed by atoms with Crippen LogP contribution in [0, 0.1) is 5.82 Å². The minimum absolute atomic E-state index is 0.129. The van der Waals surface area contributed by atoms with Gasteiger partial charge in [-0.2, -0.15) is 13.2 Å². The number of benzene rings is 1. The maximum atomic E-state index is 13.4. The molecule has 2 aliphatic heterocycles. The van der Waals surface area contributed by atoms with Crippen molar-refractivity contribution in [2.75, 3.05) is 0 Å². The van der Waals surface area contributed by atoms with Crippen LogP contribution in [0.5, 0.6) is 5.75 Å². The van der Waals surface area contributed by atoms with Crippen LogP contribution in [0.15, 0.2) is 12.1 Å². The van der Waals surface area contributed by atoms with E-state index in [-0.39, 0.29) is 17.4 Å². The predicted octanol–water partition coefficient (Wildman–Crippen LogP) is 3.46. The van der Waals surface area contributed by atoms with Crippen molar-refractivity contribution in [2.45, 2.75) is 37.8 Å². The van der Waals surface area contributed by atoms with Gasteiger partial charge in [-0.25, -0.2) is 4.39 Å². The van der Waals surface area contributed by atoms with E-state index in [4.69, 9.17) is 9.47 Å². The SMILES string of the molecule is CC1(C)Oc2cc(F)c(C(F)(F)F)cc2[C@H]2O[C@H]21. The van der Waals surface area contributed by atoms with Crippen LogP contribution in [0.4, 0.5) is 17.6 Å². The van der Waals surface area contributed by atoms with Crippen molar-refractivity contribution in [2.24, 2.45) is 0 Å². The van der Waals surface area contributed by atoms with Gasteiger partial charge < -0.3 is 9.47 Å². The minimum Gasteiger partial charge on any atom is -0.485 e. The smallest absolute Gasteiger partial charge is 0.419 e. The quantitative estimate of drug-likeness (QED) is 0.527. The van der Waals surface area contributed by atoms with E-state index in [9.17, 15) is 17.6 Å². The van der Waals surface area contributed by atoms with Crippen LogP contribution in [0.25, 0.3) is 0 Å². The lowest BCUT2D eigenvalue weighted by Gasteiger charge is -2.30. The summed E-state index contributed by atoms with van der Waals surface area (Å²) in [4.78, 5) is 0. The maximum Gasteiger partial charge on any atom is 0.419 e. The third-order valence-corrected chi connectivity index (χ3v) is 3.26. The fraction of sp³-hybridized carbons (Fsp3) is 0.500. The lowest BCUT2D eigenvalue weighted by molar-refractivity contribution is -0.140. The molecule has 6 heteroatoms. The maximum absolute atomic E-state index is 13.4. The zero-order valence-electron chi connectivity index (χ0n) is 9.64. The molecule has 2 atom stereocenters. The van der Waals surface area contributed by atoms with Crippen LogP contribution < -0.4 is 4.74 Å². The zero-order valence-corrected chi connectivity index (χ0v) is 9.64. The summed E-state index contributed by atoms with van der Waals surface area (Å²) in [6, 6.07) is 1.57. The first-order valence-corrected chi connectivity index (χ1v) is 5.45. The Hall–Kier alpha value is -1.30. The molecule has 0 bridgehead atoms. The van der Waals surface area contributed by atoms with Gasteiger partial charge in [-0.15, -0.1) is 0 Å². The zero-order chi connectivity index (χ0) is 13.3. The van der Waals surface area contributed by atoms with E-state index >= 15 is 0 Å². The van der Waals surface area contributed by atoms with Gasteiger partial charge in [-0.1, -0.05) is 0 Å². The number of hydrogen-bond acceptors (Lipinski definition) is 2. The molecular weight excluding hydrogens is 252 g/mol. The van der Waals surface area contributed by atoms with Crippen LogP contribution in [-0.4, -0.2) is 11.7 Å². The number of hydrogen-bond donors (Lipinski definition) is 0. The Morgan fingerprint density at radius 2 is 1.89 bits per heavy atom. The molecule has 0 spiro atoms. The summed E-state index contributed by atoms with van der Waals surface area (Å²) in [7, 11) is 0. The molecule has 2 heterocycles. The number of rotatable bonds is 0. The predicted molar refractivity (Wildman–Crippen MR) is 53.7 cm³/mol. The van der Waals surface area contributed by atoms with E-state index in [1.165, 1.54) is 0 Å². The van der Waals surface area contributed by atoms with Gasteiger partial charge in [0.25, 0.3) is 0 Å². The van der Waals surface area contributed by atoms with Crippen LogP contribution in [0.1, 0.15) is 31.1 Å². The summed E-state index contributed by atoms with van der Waals surface area (Å²) in [5.41, 5.74) is -1.66. The van der Waals surface area contributed by atoms with E-state index in [0.29, 0.717) is 0 Å². The molecule has 1 saturated heterocycles. The van der Waals surface area contributed by atoms with Gasteiger partial charge in [0, 0.05) is 11.6 Å². The molecular formula is C12H10F4O2. The van der Waals surface area contributed by atoms with Crippen molar-refractivity contribution in [1.29, 1.82) is 0 Å². The highest BCUT2D eigenvalue weighted by Crippen LogP contribution is 2.54. The summed E-state index contributed by atoms with van der Waals surface area (Å²) >= 11 is 0. The second-order valence-corrected chi connectivity index (χ2v) is 5.05. The Balaban J connectivity index is 2.11. The average molecular weight is 262 g/mol. The number of epoxide rings is 1. The second-order valence-electron chi connectivity index (χ2n) is 5.05. The van der Waals surface area contributed by atoms with Crippen molar-refractivity contribution in [3.63, 3.8) is 0 Å². The fourth-order valence-corrected chi connectivity index (χ4v) is 2.32. The molecule has 2 aliphatic rings. The Morgan fingerprint density at radius 3 is 2.50 bits per heavy atom. The average Bonchev–Trinajstić information content (AvgIpc) is 2.94. The molecule has 0 N–H and O–H groups in total. The molecule has 0 amide bonds. The number of ether oxygens (including phenoxy) is 2. The van der Waals surface area contributed by atoms with Gasteiger partial charge in [0.05, 0.1) is 5.56 Å². The third-order valence-electron chi connectivity index (χ3n) is 3.26. The first kappa shape index (κ1) is 11.8. The molecule has 1 aromatic carbocycles. The van der Waals surface area contributed by atoms with Gasteiger partial charge in [0.1, 0.15) is 29.4 Å². The fourth-order valence-electron chi connectivity index (χ4n) is 2.32. The van der Waals surface area contributed by atoms with Gasteiger partial charge in [0.2, 0.25) is 0 Å². The van der Waals surface area contributed by atoms with Crippen molar-refractivity contribution in [3.05, 3.63) is 29.1 Å². The van der Waals surface area contributed by atoms with E-state index in [1.54, 1.807) is 13.8 Å². The molecule has 1 fully saturated rings. The Labute approximate surface area is 100 Å². The van der Waals surface area contributed by atoms with E-state index in [1.807, 2.05) is 0 Å². The normalized spacial score (nSPS) is 28.1. The molecule has 0 aliphatic carbocycles. The molecule has 0 radical (unpaired) electrons. The monoisotopic (exact) mass is 262 g/mol. The van der Waals surface area contributed by atoms with Gasteiger partial charge >= 0.3 is 6.18 Å². The number of alkyl halides is 3. The largest absolute Gasteiger partial charge is 0.485 e. The van der Waals surface area contributed by atoms with Crippen molar-refractivity contribution < 1.29 is 27.0 Å². The topological polar surface area (TPSA) is 21.8 Å². The van der Waals surface area contributed by atoms with Gasteiger partial charge in [-0.05, 0) is 19.9 Å². The lowest BCUT2D eigenvalue weighted by Crippen LogP contribution is -2.38. The summed E-state index contributed by atoms with van der Waals surface area (Å²) in [5, 5.41) is 0. The highest BCUT2D eigenvalue weighted by Gasteiger charge is 2.57. The van der Waals surface area contributed by atoms with E-state index in [0.717, 1.165) is 12.1 Å². The summed E-state index contributed by atoms with van der Waals surface area (Å²) < 4.78 is 62.0. The molecule has 1 aromatic rings.